The Kier molecular flexibility index (Phi) is 7.99. The zero-order valence-corrected chi connectivity index (χ0v) is 13.1. The van der Waals surface area contributed by atoms with Crippen molar-refractivity contribution in [2.24, 2.45) is 5.73 Å². The van der Waals surface area contributed by atoms with Crippen molar-refractivity contribution in [2.75, 3.05) is 25.1 Å². The Bertz CT molecular complexity index is 491. The van der Waals surface area contributed by atoms with E-state index in [0.29, 0.717) is 26.1 Å². The van der Waals surface area contributed by atoms with Crippen molar-refractivity contribution in [1.29, 1.82) is 0 Å². The van der Waals surface area contributed by atoms with Gasteiger partial charge in [0.1, 0.15) is 12.6 Å². The lowest BCUT2D eigenvalue weighted by Crippen LogP contribution is -2.32. The minimum atomic E-state index is -0.641. The quantitative estimate of drug-likeness (QED) is 0.672. The monoisotopic (exact) mass is 308 g/mol. The van der Waals surface area contributed by atoms with E-state index < -0.39 is 6.04 Å². The first-order chi connectivity index (χ1) is 10.6. The summed E-state index contributed by atoms with van der Waals surface area (Å²) in [5.74, 6) is -0.694. The number of hydrogen-bond donors (Lipinski definition) is 2. The van der Waals surface area contributed by atoms with Gasteiger partial charge in [0.15, 0.2) is 0 Å². The Morgan fingerprint density at radius 3 is 2.55 bits per heavy atom. The number of rotatable bonds is 9. The van der Waals surface area contributed by atoms with Crippen LogP contribution in [0.4, 0.5) is 5.69 Å². The molecular weight excluding hydrogens is 284 g/mol. The summed E-state index contributed by atoms with van der Waals surface area (Å²) in [5, 5.41) is 3.04. The van der Waals surface area contributed by atoms with Crippen LogP contribution in [0, 0.1) is 0 Å². The van der Waals surface area contributed by atoms with Crippen molar-refractivity contribution in [3.05, 3.63) is 29.8 Å². The molecule has 1 aromatic rings. The van der Waals surface area contributed by atoms with Gasteiger partial charge in [-0.05, 0) is 38.3 Å². The third-order valence-electron chi connectivity index (χ3n) is 3.06. The fourth-order valence-corrected chi connectivity index (χ4v) is 1.97. The molecule has 0 aliphatic heterocycles. The predicted octanol–water partition coefficient (Wildman–Crippen LogP) is 1.48. The molecule has 0 aromatic heterocycles. The number of carbonyl (C=O) groups excluding carboxylic acids is 2. The molecule has 0 radical (unpaired) electrons. The first-order valence-electron chi connectivity index (χ1n) is 7.48. The highest BCUT2D eigenvalue weighted by Gasteiger charge is 2.15. The van der Waals surface area contributed by atoms with Gasteiger partial charge in [-0.25, -0.2) is 0 Å². The van der Waals surface area contributed by atoms with Crippen LogP contribution in [0.15, 0.2) is 24.3 Å². The molecule has 1 atom stereocenters. The second-order valence-electron chi connectivity index (χ2n) is 4.71. The molecule has 0 saturated heterocycles. The summed E-state index contributed by atoms with van der Waals surface area (Å²) in [6, 6.07) is 6.96. The minimum Gasteiger partial charge on any atom is -0.465 e. The van der Waals surface area contributed by atoms with Crippen LogP contribution < -0.4 is 11.1 Å². The molecule has 1 aromatic carbocycles. The molecule has 0 aliphatic rings. The van der Waals surface area contributed by atoms with Crippen LogP contribution in [-0.4, -0.2) is 37.7 Å². The highest BCUT2D eigenvalue weighted by atomic mass is 16.5. The van der Waals surface area contributed by atoms with Crippen LogP contribution in [0.25, 0.3) is 0 Å². The third kappa shape index (κ3) is 6.13. The molecular formula is C16H24N2O4. The molecule has 0 saturated carbocycles. The van der Waals surface area contributed by atoms with Crippen molar-refractivity contribution in [2.45, 2.75) is 32.7 Å². The van der Waals surface area contributed by atoms with E-state index in [0.717, 1.165) is 11.3 Å². The molecule has 1 unspecified atom stereocenters. The van der Waals surface area contributed by atoms with Crippen molar-refractivity contribution >= 4 is 17.6 Å². The number of nitrogens with two attached hydrogens (primary N) is 1. The van der Waals surface area contributed by atoms with Gasteiger partial charge in [-0.3, -0.25) is 9.59 Å². The Morgan fingerprint density at radius 1 is 1.18 bits per heavy atom. The van der Waals surface area contributed by atoms with Gasteiger partial charge in [0.05, 0.1) is 13.2 Å². The van der Waals surface area contributed by atoms with Crippen LogP contribution in [0.3, 0.4) is 0 Å². The zero-order chi connectivity index (χ0) is 16.4. The van der Waals surface area contributed by atoms with E-state index in [-0.39, 0.29) is 18.5 Å². The Hall–Kier alpha value is -2.08. The SMILES string of the molecule is CCOC(=O)CNc1ccccc1CCC(N)C(=O)OCC. The summed E-state index contributed by atoms with van der Waals surface area (Å²) in [4.78, 5) is 22.9. The van der Waals surface area contributed by atoms with Gasteiger partial charge in [-0.15, -0.1) is 0 Å². The van der Waals surface area contributed by atoms with Crippen LogP contribution >= 0.6 is 0 Å². The van der Waals surface area contributed by atoms with Gasteiger partial charge >= 0.3 is 11.9 Å². The number of nitrogens with one attached hydrogen (secondary N) is 1. The topological polar surface area (TPSA) is 90.6 Å². The Morgan fingerprint density at radius 2 is 1.86 bits per heavy atom. The molecule has 0 aliphatic carbocycles. The molecule has 22 heavy (non-hydrogen) atoms. The number of aryl methyl sites for hydroxylation is 1. The van der Waals surface area contributed by atoms with Gasteiger partial charge < -0.3 is 20.5 Å². The predicted molar refractivity (Wildman–Crippen MR) is 84.5 cm³/mol. The van der Waals surface area contributed by atoms with E-state index in [9.17, 15) is 9.59 Å². The van der Waals surface area contributed by atoms with Crippen molar-refractivity contribution in [3.63, 3.8) is 0 Å². The summed E-state index contributed by atoms with van der Waals surface area (Å²) < 4.78 is 9.76. The molecule has 6 heteroatoms. The standard InChI is InChI=1S/C16H24N2O4/c1-3-21-15(19)11-18-14-8-6-5-7-12(14)9-10-13(17)16(20)22-4-2/h5-8,13,18H,3-4,9-11,17H2,1-2H3. The van der Waals surface area contributed by atoms with E-state index in [4.69, 9.17) is 15.2 Å². The summed E-state index contributed by atoms with van der Waals surface area (Å²) in [6.07, 6.45) is 1.10. The third-order valence-corrected chi connectivity index (χ3v) is 3.06. The number of anilines is 1. The van der Waals surface area contributed by atoms with E-state index >= 15 is 0 Å². The number of esters is 2. The second kappa shape index (κ2) is 9.78. The first kappa shape index (κ1) is 18.0. The Balaban J connectivity index is 2.56. The van der Waals surface area contributed by atoms with Crippen molar-refractivity contribution in [3.8, 4) is 0 Å². The molecule has 0 spiro atoms. The summed E-state index contributed by atoms with van der Waals surface area (Å²) >= 11 is 0. The van der Waals surface area contributed by atoms with E-state index in [1.807, 2.05) is 24.3 Å². The van der Waals surface area contributed by atoms with Gasteiger partial charge in [0.25, 0.3) is 0 Å². The molecule has 3 N–H and O–H groups in total. The Labute approximate surface area is 131 Å². The number of ether oxygens (including phenoxy) is 2. The van der Waals surface area contributed by atoms with Crippen molar-refractivity contribution in [1.82, 2.24) is 0 Å². The molecule has 6 nitrogen and oxygen atoms in total. The summed E-state index contributed by atoms with van der Waals surface area (Å²) in [6.45, 7) is 4.30. The number of carbonyl (C=O) groups is 2. The lowest BCUT2D eigenvalue weighted by atomic mass is 10.0. The second-order valence-corrected chi connectivity index (χ2v) is 4.71. The highest BCUT2D eigenvalue weighted by Crippen LogP contribution is 2.17. The van der Waals surface area contributed by atoms with Gasteiger partial charge in [-0.2, -0.15) is 0 Å². The summed E-state index contributed by atoms with van der Waals surface area (Å²) in [5.41, 5.74) is 7.63. The maximum absolute atomic E-state index is 11.5. The smallest absolute Gasteiger partial charge is 0.325 e. The lowest BCUT2D eigenvalue weighted by Gasteiger charge is -2.14. The average molecular weight is 308 g/mol. The van der Waals surface area contributed by atoms with Crippen LogP contribution in [-0.2, 0) is 25.5 Å². The van der Waals surface area contributed by atoms with Gasteiger partial charge in [-0.1, -0.05) is 18.2 Å². The first-order valence-corrected chi connectivity index (χ1v) is 7.48. The zero-order valence-electron chi connectivity index (χ0n) is 13.1. The molecule has 0 fully saturated rings. The lowest BCUT2D eigenvalue weighted by molar-refractivity contribution is -0.145. The van der Waals surface area contributed by atoms with Gasteiger partial charge in [0, 0.05) is 5.69 Å². The number of benzene rings is 1. The van der Waals surface area contributed by atoms with E-state index in [2.05, 4.69) is 5.32 Å². The maximum atomic E-state index is 11.5. The number of hydrogen-bond acceptors (Lipinski definition) is 6. The van der Waals surface area contributed by atoms with E-state index in [1.165, 1.54) is 0 Å². The molecule has 122 valence electrons. The molecule has 0 heterocycles. The molecule has 0 bridgehead atoms. The summed E-state index contributed by atoms with van der Waals surface area (Å²) in [7, 11) is 0. The average Bonchev–Trinajstić information content (AvgIpc) is 2.51. The van der Waals surface area contributed by atoms with E-state index in [1.54, 1.807) is 13.8 Å². The van der Waals surface area contributed by atoms with Crippen LogP contribution in [0.5, 0.6) is 0 Å². The van der Waals surface area contributed by atoms with Crippen molar-refractivity contribution < 1.29 is 19.1 Å². The largest absolute Gasteiger partial charge is 0.465 e. The fraction of sp³-hybridized carbons (Fsp3) is 0.500. The number of para-hydroxylation sites is 1. The molecule has 0 amide bonds. The van der Waals surface area contributed by atoms with Crippen LogP contribution in [0.1, 0.15) is 25.8 Å². The highest BCUT2D eigenvalue weighted by molar-refractivity contribution is 5.76. The normalized spacial score (nSPS) is 11.6. The minimum absolute atomic E-state index is 0.106. The van der Waals surface area contributed by atoms with Crippen LogP contribution in [0.2, 0.25) is 0 Å². The molecule has 1 rings (SSSR count). The maximum Gasteiger partial charge on any atom is 0.325 e. The van der Waals surface area contributed by atoms with Gasteiger partial charge in [0.2, 0.25) is 0 Å². The fourth-order valence-electron chi connectivity index (χ4n) is 1.97.